The van der Waals surface area contributed by atoms with Crippen LogP contribution < -0.4 is 5.32 Å². The highest BCUT2D eigenvalue weighted by Gasteiger charge is 2.13. The molecule has 1 atom stereocenters. The number of pyridine rings is 1. The van der Waals surface area contributed by atoms with Crippen molar-refractivity contribution in [3.8, 4) is 0 Å². The Morgan fingerprint density at radius 3 is 2.33 bits per heavy atom. The number of aryl methyl sites for hydroxylation is 1. The molecule has 0 spiro atoms. The number of nitrogens with one attached hydrogen (secondary N) is 1. The molecule has 0 saturated heterocycles. The molecule has 21 heavy (non-hydrogen) atoms. The topological polar surface area (TPSA) is 24.9 Å². The van der Waals surface area contributed by atoms with Crippen molar-refractivity contribution in [1.29, 1.82) is 0 Å². The molecule has 2 nitrogen and oxygen atoms in total. The van der Waals surface area contributed by atoms with Gasteiger partial charge in [0.1, 0.15) is 5.82 Å². The Labute approximate surface area is 126 Å². The van der Waals surface area contributed by atoms with E-state index in [1.165, 1.54) is 23.4 Å². The van der Waals surface area contributed by atoms with Crippen LogP contribution in [-0.2, 0) is 12.8 Å². The fourth-order valence-corrected chi connectivity index (χ4v) is 2.34. The zero-order chi connectivity index (χ0) is 15.1. The lowest BCUT2D eigenvalue weighted by Crippen LogP contribution is -2.25. The normalized spacial score (nSPS) is 12.3. The third-order valence-electron chi connectivity index (χ3n) is 3.62. The average molecular weight is 286 g/mol. The number of aromatic nitrogens is 1. The van der Waals surface area contributed by atoms with E-state index in [0.29, 0.717) is 0 Å². The summed E-state index contributed by atoms with van der Waals surface area (Å²) < 4.78 is 13.0. The minimum Gasteiger partial charge on any atom is -0.308 e. The molecular formula is C18H23FN2. The van der Waals surface area contributed by atoms with Crippen LogP contribution in [0.1, 0.15) is 43.1 Å². The molecule has 0 radical (unpaired) electrons. The lowest BCUT2D eigenvalue weighted by molar-refractivity contribution is 0.514. The highest BCUT2D eigenvalue weighted by Crippen LogP contribution is 2.17. The molecule has 0 fully saturated rings. The standard InChI is InChI=1S/C18H23FN2/c1-3-11-20-18(17-10-9-16(19)13-21-17)12-15-7-5-14(4-2)6-8-15/h5-10,13,18,20H,3-4,11-12H2,1-2H3. The van der Waals surface area contributed by atoms with E-state index in [9.17, 15) is 4.39 Å². The van der Waals surface area contributed by atoms with Gasteiger partial charge in [0.15, 0.2) is 0 Å². The summed E-state index contributed by atoms with van der Waals surface area (Å²) in [6, 6.07) is 12.0. The van der Waals surface area contributed by atoms with Gasteiger partial charge in [-0.15, -0.1) is 0 Å². The minimum absolute atomic E-state index is 0.123. The van der Waals surface area contributed by atoms with Crippen LogP contribution in [0.3, 0.4) is 0 Å². The van der Waals surface area contributed by atoms with Crippen LogP contribution in [0.25, 0.3) is 0 Å². The van der Waals surface area contributed by atoms with E-state index in [2.05, 4.69) is 48.4 Å². The molecule has 3 heteroatoms. The first-order chi connectivity index (χ1) is 10.2. The lowest BCUT2D eigenvalue weighted by atomic mass is 10.0. The second-order valence-electron chi connectivity index (χ2n) is 5.28. The van der Waals surface area contributed by atoms with Crippen molar-refractivity contribution in [1.82, 2.24) is 10.3 Å². The molecule has 0 saturated carbocycles. The first-order valence-corrected chi connectivity index (χ1v) is 7.65. The Morgan fingerprint density at radius 2 is 1.76 bits per heavy atom. The maximum absolute atomic E-state index is 13.0. The van der Waals surface area contributed by atoms with Gasteiger partial charge in [-0.25, -0.2) is 4.39 Å². The molecule has 0 bridgehead atoms. The number of benzene rings is 1. The number of hydrogen-bond donors (Lipinski definition) is 1. The molecule has 1 aromatic heterocycles. The van der Waals surface area contributed by atoms with Gasteiger partial charge in [0.05, 0.1) is 17.9 Å². The van der Waals surface area contributed by atoms with Crippen LogP contribution in [0.2, 0.25) is 0 Å². The summed E-state index contributed by atoms with van der Waals surface area (Å²) in [6.07, 6.45) is 4.27. The van der Waals surface area contributed by atoms with Crippen molar-refractivity contribution >= 4 is 0 Å². The third-order valence-corrected chi connectivity index (χ3v) is 3.62. The minimum atomic E-state index is -0.291. The van der Waals surface area contributed by atoms with E-state index >= 15 is 0 Å². The molecule has 0 amide bonds. The van der Waals surface area contributed by atoms with Crippen molar-refractivity contribution in [2.75, 3.05) is 6.54 Å². The van der Waals surface area contributed by atoms with Gasteiger partial charge < -0.3 is 5.32 Å². The number of halogens is 1. The summed E-state index contributed by atoms with van der Waals surface area (Å²) >= 11 is 0. The van der Waals surface area contributed by atoms with Gasteiger partial charge in [0, 0.05) is 0 Å². The Bertz CT molecular complexity index is 534. The maximum Gasteiger partial charge on any atom is 0.141 e. The second kappa shape index (κ2) is 7.89. The zero-order valence-corrected chi connectivity index (χ0v) is 12.8. The van der Waals surface area contributed by atoms with Crippen molar-refractivity contribution in [3.63, 3.8) is 0 Å². The largest absolute Gasteiger partial charge is 0.308 e. The number of nitrogens with zero attached hydrogens (tertiary/aromatic N) is 1. The summed E-state index contributed by atoms with van der Waals surface area (Å²) in [5, 5.41) is 3.50. The third kappa shape index (κ3) is 4.64. The van der Waals surface area contributed by atoms with Crippen LogP contribution in [0.5, 0.6) is 0 Å². The van der Waals surface area contributed by atoms with Crippen LogP contribution in [-0.4, -0.2) is 11.5 Å². The van der Waals surface area contributed by atoms with E-state index in [0.717, 1.165) is 31.5 Å². The smallest absolute Gasteiger partial charge is 0.141 e. The molecule has 1 N–H and O–H groups in total. The van der Waals surface area contributed by atoms with Crippen molar-refractivity contribution in [2.45, 2.75) is 39.2 Å². The van der Waals surface area contributed by atoms with Crippen LogP contribution in [0.4, 0.5) is 4.39 Å². The van der Waals surface area contributed by atoms with Crippen LogP contribution >= 0.6 is 0 Å². The zero-order valence-electron chi connectivity index (χ0n) is 12.8. The average Bonchev–Trinajstić information content (AvgIpc) is 2.53. The summed E-state index contributed by atoms with van der Waals surface area (Å²) in [5.41, 5.74) is 3.51. The summed E-state index contributed by atoms with van der Waals surface area (Å²) in [4.78, 5) is 4.22. The number of hydrogen-bond acceptors (Lipinski definition) is 2. The summed E-state index contributed by atoms with van der Waals surface area (Å²) in [7, 11) is 0. The van der Waals surface area contributed by atoms with Gasteiger partial charge in [0.25, 0.3) is 0 Å². The van der Waals surface area contributed by atoms with Gasteiger partial charge in [-0.1, -0.05) is 38.1 Å². The van der Waals surface area contributed by atoms with E-state index in [1.54, 1.807) is 6.07 Å². The summed E-state index contributed by atoms with van der Waals surface area (Å²) in [6.45, 7) is 5.22. The monoisotopic (exact) mass is 286 g/mol. The molecule has 0 aliphatic rings. The molecule has 2 aromatic rings. The lowest BCUT2D eigenvalue weighted by Gasteiger charge is -2.18. The van der Waals surface area contributed by atoms with Crippen LogP contribution in [0, 0.1) is 5.82 Å². The fraction of sp³-hybridized carbons (Fsp3) is 0.389. The quantitative estimate of drug-likeness (QED) is 0.830. The van der Waals surface area contributed by atoms with Gasteiger partial charge in [-0.3, -0.25) is 4.98 Å². The summed E-state index contributed by atoms with van der Waals surface area (Å²) in [5.74, 6) is -0.291. The Morgan fingerprint density at radius 1 is 1.05 bits per heavy atom. The Kier molecular flexibility index (Phi) is 5.88. The van der Waals surface area contributed by atoms with Crippen molar-refractivity contribution in [2.24, 2.45) is 0 Å². The maximum atomic E-state index is 13.0. The highest BCUT2D eigenvalue weighted by atomic mass is 19.1. The molecule has 0 aliphatic heterocycles. The van der Waals surface area contributed by atoms with Gasteiger partial charge >= 0.3 is 0 Å². The van der Waals surface area contributed by atoms with Crippen molar-refractivity contribution in [3.05, 3.63) is 65.2 Å². The van der Waals surface area contributed by atoms with Crippen molar-refractivity contribution < 1.29 is 4.39 Å². The molecule has 1 heterocycles. The predicted octanol–water partition coefficient (Wildman–Crippen LogP) is 4.07. The van der Waals surface area contributed by atoms with E-state index in [1.807, 2.05) is 0 Å². The second-order valence-corrected chi connectivity index (χ2v) is 5.28. The van der Waals surface area contributed by atoms with Gasteiger partial charge in [-0.2, -0.15) is 0 Å². The predicted molar refractivity (Wildman–Crippen MR) is 84.8 cm³/mol. The highest BCUT2D eigenvalue weighted by molar-refractivity contribution is 5.24. The van der Waals surface area contributed by atoms with Gasteiger partial charge in [0.2, 0.25) is 0 Å². The van der Waals surface area contributed by atoms with E-state index in [4.69, 9.17) is 0 Å². The van der Waals surface area contributed by atoms with E-state index < -0.39 is 0 Å². The van der Waals surface area contributed by atoms with Gasteiger partial charge in [-0.05, 0) is 49.1 Å². The Balaban J connectivity index is 2.13. The molecular weight excluding hydrogens is 263 g/mol. The first kappa shape index (κ1) is 15.6. The van der Waals surface area contributed by atoms with E-state index in [-0.39, 0.29) is 11.9 Å². The Hall–Kier alpha value is -1.74. The van der Waals surface area contributed by atoms with Crippen LogP contribution in [0.15, 0.2) is 42.6 Å². The molecule has 112 valence electrons. The molecule has 2 rings (SSSR count). The number of rotatable bonds is 7. The molecule has 0 aliphatic carbocycles. The fourth-order valence-electron chi connectivity index (χ4n) is 2.34. The first-order valence-electron chi connectivity index (χ1n) is 7.65. The SMILES string of the molecule is CCCNC(Cc1ccc(CC)cc1)c1ccc(F)cn1. The molecule has 1 unspecified atom stereocenters. The molecule has 1 aromatic carbocycles.